The standard InChI is InChI=1S/C23H29N3O2/c1-27-14-12-26-16-19(22-9-2-3-10-23(22)26)15-25(18-21-8-6-13-28-21)17-20-7-4-5-11-24-20/h2-5,7,9-11,16,21H,6,8,12-15,17-18H2,1H3/t21-/m0/s1. The molecular weight excluding hydrogens is 350 g/mol. The van der Waals surface area contributed by atoms with Crippen LogP contribution >= 0.6 is 0 Å². The number of hydrogen-bond donors (Lipinski definition) is 0. The molecule has 4 rings (SSSR count). The Hall–Kier alpha value is -2.21. The molecule has 0 spiro atoms. The highest BCUT2D eigenvalue weighted by atomic mass is 16.5. The first-order chi connectivity index (χ1) is 13.8. The lowest BCUT2D eigenvalue weighted by Crippen LogP contribution is -2.31. The summed E-state index contributed by atoms with van der Waals surface area (Å²) in [5, 5.41) is 1.32. The molecule has 1 aliphatic rings. The Labute approximate surface area is 166 Å². The average molecular weight is 380 g/mol. The number of nitrogens with zero attached hydrogens (tertiary/aromatic N) is 3. The molecule has 0 N–H and O–H groups in total. The van der Waals surface area contributed by atoms with Gasteiger partial charge in [-0.2, -0.15) is 0 Å². The molecule has 5 nitrogen and oxygen atoms in total. The topological polar surface area (TPSA) is 39.5 Å². The second kappa shape index (κ2) is 9.32. The summed E-state index contributed by atoms with van der Waals surface area (Å²) in [5.41, 5.74) is 3.72. The lowest BCUT2D eigenvalue weighted by atomic mass is 10.1. The van der Waals surface area contributed by atoms with E-state index in [4.69, 9.17) is 9.47 Å². The number of hydrogen-bond acceptors (Lipinski definition) is 4. The van der Waals surface area contributed by atoms with Gasteiger partial charge in [0.2, 0.25) is 0 Å². The van der Waals surface area contributed by atoms with Crippen molar-refractivity contribution in [3.8, 4) is 0 Å². The Kier molecular flexibility index (Phi) is 6.37. The summed E-state index contributed by atoms with van der Waals surface area (Å²) < 4.78 is 13.5. The maximum Gasteiger partial charge on any atom is 0.0703 e. The van der Waals surface area contributed by atoms with Gasteiger partial charge in [-0.25, -0.2) is 0 Å². The molecule has 3 heterocycles. The van der Waals surface area contributed by atoms with Gasteiger partial charge < -0.3 is 14.0 Å². The summed E-state index contributed by atoms with van der Waals surface area (Å²) in [7, 11) is 1.75. The molecule has 0 amide bonds. The zero-order valence-corrected chi connectivity index (χ0v) is 16.6. The van der Waals surface area contributed by atoms with E-state index in [0.717, 1.165) is 44.9 Å². The summed E-state index contributed by atoms with van der Waals surface area (Å²) >= 11 is 0. The van der Waals surface area contributed by atoms with E-state index in [-0.39, 0.29) is 0 Å². The zero-order valence-electron chi connectivity index (χ0n) is 16.6. The van der Waals surface area contributed by atoms with Gasteiger partial charge in [0.25, 0.3) is 0 Å². The predicted octanol–water partition coefficient (Wildman–Crippen LogP) is 3.86. The summed E-state index contributed by atoms with van der Waals surface area (Å²) in [4.78, 5) is 7.01. The Morgan fingerprint density at radius 1 is 1.18 bits per heavy atom. The molecule has 0 saturated carbocycles. The fraction of sp³-hybridized carbons (Fsp3) is 0.435. The van der Waals surface area contributed by atoms with Crippen molar-refractivity contribution < 1.29 is 9.47 Å². The Morgan fingerprint density at radius 2 is 2.07 bits per heavy atom. The van der Waals surface area contributed by atoms with Crippen LogP contribution < -0.4 is 0 Å². The number of para-hydroxylation sites is 1. The van der Waals surface area contributed by atoms with Crippen molar-refractivity contribution in [2.45, 2.75) is 38.6 Å². The number of aromatic nitrogens is 2. The molecular formula is C23H29N3O2. The van der Waals surface area contributed by atoms with Crippen molar-refractivity contribution >= 4 is 10.9 Å². The van der Waals surface area contributed by atoms with E-state index < -0.39 is 0 Å². The number of benzene rings is 1. The first kappa shape index (κ1) is 19.1. The number of fused-ring (bicyclic) bond motifs is 1. The van der Waals surface area contributed by atoms with Gasteiger partial charge in [-0.15, -0.1) is 0 Å². The third kappa shape index (κ3) is 4.61. The van der Waals surface area contributed by atoms with Gasteiger partial charge in [0.15, 0.2) is 0 Å². The van der Waals surface area contributed by atoms with Crippen LogP contribution in [0.4, 0.5) is 0 Å². The molecule has 148 valence electrons. The van der Waals surface area contributed by atoms with E-state index in [0.29, 0.717) is 12.7 Å². The highest BCUT2D eigenvalue weighted by Gasteiger charge is 2.21. The normalized spacial score (nSPS) is 17.0. The van der Waals surface area contributed by atoms with Gasteiger partial charge in [-0.3, -0.25) is 9.88 Å². The first-order valence-electron chi connectivity index (χ1n) is 10.1. The number of rotatable bonds is 9. The summed E-state index contributed by atoms with van der Waals surface area (Å²) in [6, 6.07) is 14.8. The van der Waals surface area contributed by atoms with E-state index in [2.05, 4.69) is 57.0 Å². The Bertz CT molecular complexity index is 872. The van der Waals surface area contributed by atoms with E-state index in [1.54, 1.807) is 7.11 Å². The quantitative estimate of drug-likeness (QED) is 0.566. The average Bonchev–Trinajstić information content (AvgIpc) is 3.36. The fourth-order valence-electron chi connectivity index (χ4n) is 4.05. The molecule has 3 aromatic rings. The zero-order chi connectivity index (χ0) is 19.2. The maximum atomic E-state index is 5.92. The van der Waals surface area contributed by atoms with Gasteiger partial charge in [0, 0.05) is 63.2 Å². The Balaban J connectivity index is 1.58. The van der Waals surface area contributed by atoms with E-state index >= 15 is 0 Å². The minimum absolute atomic E-state index is 0.325. The van der Waals surface area contributed by atoms with Crippen molar-refractivity contribution in [1.82, 2.24) is 14.5 Å². The molecule has 1 aliphatic heterocycles. The van der Waals surface area contributed by atoms with E-state index in [1.807, 2.05) is 12.3 Å². The van der Waals surface area contributed by atoms with Gasteiger partial charge in [-0.05, 0) is 36.6 Å². The summed E-state index contributed by atoms with van der Waals surface area (Å²) in [5.74, 6) is 0. The summed E-state index contributed by atoms with van der Waals surface area (Å²) in [6.45, 7) is 5.12. The molecule has 5 heteroatoms. The van der Waals surface area contributed by atoms with Crippen LogP contribution in [0.3, 0.4) is 0 Å². The van der Waals surface area contributed by atoms with E-state index in [1.165, 1.54) is 22.9 Å². The smallest absolute Gasteiger partial charge is 0.0703 e. The largest absolute Gasteiger partial charge is 0.383 e. The van der Waals surface area contributed by atoms with Crippen LogP contribution in [-0.2, 0) is 29.1 Å². The SMILES string of the molecule is COCCn1cc(CN(Cc2ccccn2)C[C@@H]2CCCO2)c2ccccc21. The van der Waals surface area contributed by atoms with Crippen molar-refractivity contribution in [2.24, 2.45) is 0 Å². The second-order valence-corrected chi connectivity index (χ2v) is 7.48. The van der Waals surface area contributed by atoms with Crippen molar-refractivity contribution in [2.75, 3.05) is 26.9 Å². The Morgan fingerprint density at radius 3 is 2.86 bits per heavy atom. The summed E-state index contributed by atoms with van der Waals surface area (Å²) in [6.07, 6.45) is 6.79. The van der Waals surface area contributed by atoms with Crippen LogP contribution in [-0.4, -0.2) is 47.4 Å². The molecule has 0 unspecified atom stereocenters. The molecule has 1 aromatic carbocycles. The van der Waals surface area contributed by atoms with Crippen LogP contribution in [0, 0.1) is 0 Å². The predicted molar refractivity (Wildman–Crippen MR) is 111 cm³/mol. The molecule has 1 fully saturated rings. The number of pyridine rings is 1. The van der Waals surface area contributed by atoms with Crippen LogP contribution in [0.2, 0.25) is 0 Å². The lowest BCUT2D eigenvalue weighted by molar-refractivity contribution is 0.0676. The number of methoxy groups -OCH3 is 1. The van der Waals surface area contributed by atoms with Crippen molar-refractivity contribution in [3.63, 3.8) is 0 Å². The van der Waals surface area contributed by atoms with Crippen LogP contribution in [0.1, 0.15) is 24.1 Å². The van der Waals surface area contributed by atoms with Crippen LogP contribution in [0.5, 0.6) is 0 Å². The van der Waals surface area contributed by atoms with Crippen LogP contribution in [0.15, 0.2) is 54.9 Å². The molecule has 1 atom stereocenters. The molecule has 1 saturated heterocycles. The molecule has 0 aliphatic carbocycles. The van der Waals surface area contributed by atoms with Gasteiger partial charge in [0.05, 0.1) is 18.4 Å². The van der Waals surface area contributed by atoms with Gasteiger partial charge in [0.1, 0.15) is 0 Å². The first-order valence-corrected chi connectivity index (χ1v) is 10.1. The number of ether oxygens (including phenoxy) is 2. The molecule has 0 radical (unpaired) electrons. The van der Waals surface area contributed by atoms with Gasteiger partial charge >= 0.3 is 0 Å². The lowest BCUT2D eigenvalue weighted by Gasteiger charge is -2.24. The minimum atomic E-state index is 0.325. The monoisotopic (exact) mass is 379 g/mol. The van der Waals surface area contributed by atoms with Crippen LogP contribution in [0.25, 0.3) is 10.9 Å². The van der Waals surface area contributed by atoms with Crippen molar-refractivity contribution in [3.05, 3.63) is 66.1 Å². The molecule has 2 aromatic heterocycles. The second-order valence-electron chi connectivity index (χ2n) is 7.48. The van der Waals surface area contributed by atoms with Gasteiger partial charge in [-0.1, -0.05) is 24.3 Å². The van der Waals surface area contributed by atoms with Crippen molar-refractivity contribution in [1.29, 1.82) is 0 Å². The molecule has 28 heavy (non-hydrogen) atoms. The van der Waals surface area contributed by atoms with E-state index in [9.17, 15) is 0 Å². The molecule has 0 bridgehead atoms. The minimum Gasteiger partial charge on any atom is -0.383 e. The fourth-order valence-corrected chi connectivity index (χ4v) is 4.05. The third-order valence-corrected chi connectivity index (χ3v) is 5.40. The maximum absolute atomic E-state index is 5.92. The highest BCUT2D eigenvalue weighted by molar-refractivity contribution is 5.83. The third-order valence-electron chi connectivity index (χ3n) is 5.40. The highest BCUT2D eigenvalue weighted by Crippen LogP contribution is 2.24.